The van der Waals surface area contributed by atoms with E-state index in [2.05, 4.69) is 31.1 Å². The zero-order valence-corrected chi connectivity index (χ0v) is 30.9. The number of rotatable bonds is 14. The number of amides is 2. The van der Waals surface area contributed by atoms with Gasteiger partial charge >= 0.3 is 0 Å². The largest absolute Gasteiger partial charge is 0.362 e. The van der Waals surface area contributed by atoms with Crippen molar-refractivity contribution >= 4 is 47.1 Å². The Hall–Kier alpha value is -5.93. The molecule has 21 heteroatoms. The van der Waals surface area contributed by atoms with Crippen molar-refractivity contribution in [3.05, 3.63) is 91.6 Å². The zero-order valence-electron chi connectivity index (χ0n) is 30.0. The molecule has 20 nitrogen and oxygen atoms in total. The van der Waals surface area contributed by atoms with Gasteiger partial charge in [-0.1, -0.05) is 23.9 Å². The fraction of sp³-hybridized carbons (Fsp3) is 0.412. The van der Waals surface area contributed by atoms with E-state index in [1.54, 1.807) is 45.5 Å². The number of piperidine rings is 2. The fourth-order valence-electron chi connectivity index (χ4n) is 6.61. The third-order valence-corrected chi connectivity index (χ3v) is 10.4. The summed E-state index contributed by atoms with van der Waals surface area (Å²) in [5.41, 5.74) is 0.274. The number of aromatic nitrogens is 8. The first-order valence-electron chi connectivity index (χ1n) is 17.3. The molecule has 0 N–H and O–H groups in total. The number of methoxy groups -OCH3 is 2. The third kappa shape index (κ3) is 9.42. The number of benzene rings is 2. The summed E-state index contributed by atoms with van der Waals surface area (Å²) in [6.45, 7) is 2.30. The van der Waals surface area contributed by atoms with Gasteiger partial charge in [-0.05, 0) is 81.9 Å². The van der Waals surface area contributed by atoms with Gasteiger partial charge in [-0.2, -0.15) is 0 Å². The minimum Gasteiger partial charge on any atom is -0.362 e. The lowest BCUT2D eigenvalue weighted by molar-refractivity contribution is -0.388. The number of hydrogen-bond acceptors (Lipinski definition) is 15. The second kappa shape index (κ2) is 17.9. The van der Waals surface area contributed by atoms with E-state index in [0.29, 0.717) is 49.0 Å². The maximum absolute atomic E-state index is 13.1. The van der Waals surface area contributed by atoms with Crippen LogP contribution in [0.3, 0.4) is 0 Å². The monoisotopic (exact) mass is 774 g/mol. The van der Waals surface area contributed by atoms with Gasteiger partial charge in [-0.25, -0.2) is 9.36 Å². The second-order valence-corrected chi connectivity index (χ2v) is 14.0. The van der Waals surface area contributed by atoms with E-state index in [1.807, 2.05) is 0 Å². The van der Waals surface area contributed by atoms with Crippen LogP contribution >= 0.6 is 11.8 Å². The van der Waals surface area contributed by atoms with Crippen molar-refractivity contribution < 1.29 is 28.9 Å². The summed E-state index contributed by atoms with van der Waals surface area (Å²) in [6, 6.07) is 8.84. The molecule has 2 saturated heterocycles. The molecule has 2 aromatic carbocycles. The van der Waals surface area contributed by atoms with Gasteiger partial charge < -0.3 is 19.3 Å². The SMILES string of the molecule is COCn1nnnc1C1CCCN(C(=O)/C=C/c2ccc(Sc3ccc(/C=C/C(=O)N4CCCC(c5nnnn5COC)C4)cc3[N+](=O)[O-])c([N+](=O)[O-])c2)C1. The van der Waals surface area contributed by atoms with E-state index in [4.69, 9.17) is 9.47 Å². The molecular weight excluding hydrogens is 737 g/mol. The molecule has 2 aliphatic heterocycles. The van der Waals surface area contributed by atoms with Crippen molar-refractivity contribution in [1.82, 2.24) is 50.2 Å². The van der Waals surface area contributed by atoms with Gasteiger partial charge in [-0.3, -0.25) is 29.8 Å². The Morgan fingerprint density at radius 2 is 1.20 bits per heavy atom. The lowest BCUT2D eigenvalue weighted by atomic mass is 9.97. The molecule has 55 heavy (non-hydrogen) atoms. The van der Waals surface area contributed by atoms with Crippen LogP contribution in [0.5, 0.6) is 0 Å². The van der Waals surface area contributed by atoms with E-state index < -0.39 is 9.85 Å². The molecule has 288 valence electrons. The number of nitro groups is 2. The van der Waals surface area contributed by atoms with Crippen LogP contribution in [0.15, 0.2) is 58.3 Å². The third-order valence-electron chi connectivity index (χ3n) is 9.23. The molecule has 0 saturated carbocycles. The number of likely N-dealkylation sites (tertiary alicyclic amines) is 2. The lowest BCUT2D eigenvalue weighted by Crippen LogP contribution is -2.39. The molecule has 2 fully saturated rings. The van der Waals surface area contributed by atoms with E-state index in [0.717, 1.165) is 37.4 Å². The summed E-state index contributed by atoms with van der Waals surface area (Å²) in [4.78, 5) is 53.1. The number of nitrogens with zero attached hydrogens (tertiary/aromatic N) is 12. The Balaban J connectivity index is 1.11. The van der Waals surface area contributed by atoms with Gasteiger partial charge in [0.05, 0.1) is 19.6 Å². The molecule has 2 aliphatic rings. The lowest BCUT2D eigenvalue weighted by Gasteiger charge is -2.31. The second-order valence-electron chi connectivity index (χ2n) is 12.9. The zero-order chi connectivity index (χ0) is 38.9. The molecule has 0 bridgehead atoms. The molecule has 6 rings (SSSR count). The maximum Gasteiger partial charge on any atom is 0.283 e. The summed E-state index contributed by atoms with van der Waals surface area (Å²) in [6.07, 6.45) is 8.85. The number of hydrogen-bond donors (Lipinski definition) is 0. The predicted octanol–water partition coefficient (Wildman–Crippen LogP) is 3.67. The first-order valence-corrected chi connectivity index (χ1v) is 18.2. The van der Waals surface area contributed by atoms with Crippen LogP contribution in [0.4, 0.5) is 11.4 Å². The van der Waals surface area contributed by atoms with Crippen molar-refractivity contribution in [2.24, 2.45) is 0 Å². The molecule has 4 aromatic rings. The minimum absolute atomic E-state index is 0.0710. The van der Waals surface area contributed by atoms with E-state index >= 15 is 0 Å². The number of ether oxygens (including phenoxy) is 2. The summed E-state index contributed by atoms with van der Waals surface area (Å²) < 4.78 is 13.4. The molecule has 4 heterocycles. The highest BCUT2D eigenvalue weighted by atomic mass is 32.2. The van der Waals surface area contributed by atoms with Crippen molar-refractivity contribution in [3.63, 3.8) is 0 Å². The molecule has 0 aliphatic carbocycles. The van der Waals surface area contributed by atoms with E-state index in [-0.39, 0.29) is 58.3 Å². The van der Waals surface area contributed by atoms with Crippen molar-refractivity contribution in [1.29, 1.82) is 0 Å². The van der Waals surface area contributed by atoms with Crippen LogP contribution in [-0.2, 0) is 32.5 Å². The van der Waals surface area contributed by atoms with Crippen molar-refractivity contribution in [2.75, 3.05) is 40.4 Å². The topological polar surface area (TPSA) is 233 Å². The molecule has 0 spiro atoms. The van der Waals surface area contributed by atoms with Gasteiger partial charge in [-0.15, -0.1) is 10.2 Å². The van der Waals surface area contributed by atoms with Gasteiger partial charge in [0.15, 0.2) is 11.6 Å². The van der Waals surface area contributed by atoms with Crippen LogP contribution in [0.25, 0.3) is 12.2 Å². The Kier molecular flexibility index (Phi) is 12.6. The summed E-state index contributed by atoms with van der Waals surface area (Å²) in [7, 11) is 3.08. The molecule has 2 atom stereocenters. The smallest absolute Gasteiger partial charge is 0.283 e. The molecule has 2 unspecified atom stereocenters. The molecule has 2 amide bonds. The van der Waals surface area contributed by atoms with E-state index in [9.17, 15) is 29.8 Å². The Morgan fingerprint density at radius 1 is 0.764 bits per heavy atom. The minimum atomic E-state index is -0.571. The first-order chi connectivity index (χ1) is 26.6. The average Bonchev–Trinajstić information content (AvgIpc) is 3.87. The number of carbonyl (C=O) groups excluding carboxylic acids is 2. The van der Waals surface area contributed by atoms with E-state index in [1.165, 1.54) is 48.6 Å². The fourth-order valence-corrected chi connectivity index (χ4v) is 7.60. The maximum atomic E-state index is 13.1. The number of carbonyl (C=O) groups is 2. The number of nitro benzene ring substituents is 2. The van der Waals surface area contributed by atoms with Gasteiger partial charge in [0.2, 0.25) is 11.8 Å². The van der Waals surface area contributed by atoms with Crippen molar-refractivity contribution in [2.45, 2.75) is 60.8 Å². The van der Waals surface area contributed by atoms with Gasteiger partial charge in [0, 0.05) is 76.5 Å². The standard InChI is InChI=1S/C34H38N12O8S/c1-53-21-43-33(35-37-39-43)25-5-3-15-41(19-25)31(47)13-9-23-7-11-29(27(17-23)45(49)50)55-30-12-8-24(18-28(30)46(51)52)10-14-32(48)42-16-4-6-26(20-42)34-36-38-40-44(34)22-54-2/h7-14,17-18,25-26H,3-6,15-16,19-22H2,1-2H3/b13-9+,14-10+. The number of tetrazole rings is 2. The summed E-state index contributed by atoms with van der Waals surface area (Å²) in [5.74, 6) is 0.608. The predicted molar refractivity (Wildman–Crippen MR) is 195 cm³/mol. The summed E-state index contributed by atoms with van der Waals surface area (Å²) in [5, 5.41) is 47.8. The quantitative estimate of drug-likeness (QED) is 0.101. The Morgan fingerprint density at radius 3 is 1.60 bits per heavy atom. The Labute approximate surface area is 318 Å². The Bertz CT molecular complexity index is 1960. The van der Waals surface area contributed by atoms with Gasteiger partial charge in [0.1, 0.15) is 13.5 Å². The van der Waals surface area contributed by atoms with Crippen LogP contribution in [0.1, 0.15) is 60.3 Å². The average molecular weight is 775 g/mol. The van der Waals surface area contributed by atoms with Crippen LogP contribution < -0.4 is 0 Å². The molecule has 0 radical (unpaired) electrons. The van der Waals surface area contributed by atoms with Crippen LogP contribution in [0.2, 0.25) is 0 Å². The van der Waals surface area contributed by atoms with Crippen molar-refractivity contribution in [3.8, 4) is 0 Å². The highest BCUT2D eigenvalue weighted by Crippen LogP contribution is 2.40. The molecule has 2 aromatic heterocycles. The first kappa shape index (κ1) is 38.8. The highest BCUT2D eigenvalue weighted by molar-refractivity contribution is 7.99. The van der Waals surface area contributed by atoms with Crippen LogP contribution in [-0.4, -0.2) is 112 Å². The summed E-state index contributed by atoms with van der Waals surface area (Å²) >= 11 is 0.880. The normalized spacial score (nSPS) is 17.6. The molecular formula is C34H38N12O8S. The highest BCUT2D eigenvalue weighted by Gasteiger charge is 2.29. The van der Waals surface area contributed by atoms with Crippen LogP contribution in [0, 0.1) is 20.2 Å². The van der Waals surface area contributed by atoms with Gasteiger partial charge in [0.25, 0.3) is 11.4 Å².